The zero-order chi connectivity index (χ0) is 22.4. The lowest BCUT2D eigenvalue weighted by Crippen LogP contribution is -2.50. The number of carbonyl (C=O) groups excluding carboxylic acids is 2. The topological polar surface area (TPSA) is 108 Å². The summed E-state index contributed by atoms with van der Waals surface area (Å²) >= 11 is 0. The van der Waals surface area contributed by atoms with Crippen molar-refractivity contribution in [3.8, 4) is 0 Å². The highest BCUT2D eigenvalue weighted by Crippen LogP contribution is 2.24. The van der Waals surface area contributed by atoms with Crippen molar-refractivity contribution >= 4 is 21.8 Å². The Morgan fingerprint density at radius 3 is 2.65 bits per heavy atom. The Bertz CT molecular complexity index is 1020. The predicted octanol–water partition coefficient (Wildman–Crippen LogP) is 1.44. The summed E-state index contributed by atoms with van der Waals surface area (Å²) in [6.07, 6.45) is 2.66. The van der Waals surface area contributed by atoms with Crippen molar-refractivity contribution < 1.29 is 22.4 Å². The molecule has 2 atom stereocenters. The van der Waals surface area contributed by atoms with E-state index in [9.17, 15) is 22.4 Å². The fourth-order valence-corrected chi connectivity index (χ4v) is 4.88. The molecular formula is C21H25FN4O4S. The van der Waals surface area contributed by atoms with Gasteiger partial charge in [0.25, 0.3) is 0 Å². The van der Waals surface area contributed by atoms with Gasteiger partial charge in [-0.05, 0) is 56.2 Å². The highest BCUT2D eigenvalue weighted by atomic mass is 32.2. The molecule has 1 aromatic carbocycles. The highest BCUT2D eigenvalue weighted by Gasteiger charge is 2.34. The number of hydrogen-bond donors (Lipinski definition) is 2. The number of nitrogens with zero attached hydrogens (tertiary/aromatic N) is 2. The molecule has 1 aliphatic rings. The molecule has 2 heterocycles. The zero-order valence-electron chi connectivity index (χ0n) is 17.1. The summed E-state index contributed by atoms with van der Waals surface area (Å²) in [5, 5.41) is 5.38. The van der Waals surface area contributed by atoms with Gasteiger partial charge in [0.1, 0.15) is 11.9 Å². The minimum absolute atomic E-state index is 0.00776. The largest absolute Gasteiger partial charge is 0.349 e. The Kier molecular flexibility index (Phi) is 7.34. The Morgan fingerprint density at radius 2 is 1.97 bits per heavy atom. The summed E-state index contributed by atoms with van der Waals surface area (Å²) in [6, 6.07) is 9.19. The summed E-state index contributed by atoms with van der Waals surface area (Å²) in [6.45, 7) is 2.10. The lowest BCUT2D eigenvalue weighted by molar-refractivity contribution is -0.131. The molecule has 3 rings (SSSR count). The molecule has 1 aliphatic heterocycles. The van der Waals surface area contributed by atoms with E-state index >= 15 is 0 Å². The van der Waals surface area contributed by atoms with Gasteiger partial charge in [-0.1, -0.05) is 6.07 Å². The maximum atomic E-state index is 13.1. The first-order valence-electron chi connectivity index (χ1n) is 10.0. The van der Waals surface area contributed by atoms with Crippen LogP contribution in [0, 0.1) is 11.7 Å². The van der Waals surface area contributed by atoms with Gasteiger partial charge in [0, 0.05) is 19.3 Å². The number of sulfonamides is 1. The van der Waals surface area contributed by atoms with E-state index in [1.54, 1.807) is 25.3 Å². The summed E-state index contributed by atoms with van der Waals surface area (Å²) in [7, 11) is -3.83. The van der Waals surface area contributed by atoms with Crippen LogP contribution in [0.5, 0.6) is 0 Å². The Hall–Kier alpha value is -2.85. The number of rotatable bonds is 7. The third kappa shape index (κ3) is 5.86. The maximum absolute atomic E-state index is 13.1. The first kappa shape index (κ1) is 22.8. The molecule has 1 fully saturated rings. The van der Waals surface area contributed by atoms with Gasteiger partial charge >= 0.3 is 0 Å². The number of amides is 2. The Balaban J connectivity index is 1.56. The van der Waals surface area contributed by atoms with E-state index in [4.69, 9.17) is 0 Å². The van der Waals surface area contributed by atoms with Gasteiger partial charge in [-0.25, -0.2) is 12.8 Å². The minimum atomic E-state index is -3.83. The first-order valence-corrected chi connectivity index (χ1v) is 11.4. The van der Waals surface area contributed by atoms with Crippen LogP contribution in [0.4, 0.5) is 4.39 Å². The standard InChI is InChI=1S/C21H25FN4O4S/c1-15(20(27)24-13-18-6-2-3-11-23-18)25-21(28)16-5-4-12-26(14-16)31(29,30)19-9-7-17(22)8-10-19/h2-3,6-11,15-16H,4-5,12-14H2,1H3,(H,24,27)(H,25,28)/t15-,16+/m0/s1. The number of piperidine rings is 1. The van der Waals surface area contributed by atoms with Crippen molar-refractivity contribution in [2.45, 2.75) is 37.2 Å². The molecule has 1 aromatic heterocycles. The molecule has 0 spiro atoms. The minimum Gasteiger partial charge on any atom is -0.349 e. The summed E-state index contributed by atoms with van der Waals surface area (Å²) in [5.41, 5.74) is 0.697. The summed E-state index contributed by atoms with van der Waals surface area (Å²) in [5.74, 6) is -1.83. The van der Waals surface area contributed by atoms with E-state index in [0.29, 0.717) is 18.5 Å². The zero-order valence-corrected chi connectivity index (χ0v) is 17.9. The number of nitrogens with one attached hydrogen (secondary N) is 2. The molecule has 0 bridgehead atoms. The van der Waals surface area contributed by atoms with Gasteiger partial charge in [-0.3, -0.25) is 14.6 Å². The first-order chi connectivity index (χ1) is 14.8. The number of hydrogen-bond acceptors (Lipinski definition) is 5. The van der Waals surface area contributed by atoms with E-state index in [1.165, 1.54) is 16.4 Å². The van der Waals surface area contributed by atoms with Crippen LogP contribution in [-0.4, -0.2) is 48.7 Å². The Labute approximate surface area is 180 Å². The lowest BCUT2D eigenvalue weighted by atomic mass is 9.98. The van der Waals surface area contributed by atoms with Crippen LogP contribution in [0.25, 0.3) is 0 Å². The average molecular weight is 449 g/mol. The van der Waals surface area contributed by atoms with E-state index in [-0.39, 0.29) is 36.3 Å². The summed E-state index contributed by atoms with van der Waals surface area (Å²) < 4.78 is 40.0. The van der Waals surface area contributed by atoms with Crippen molar-refractivity contribution in [3.05, 3.63) is 60.2 Å². The fourth-order valence-electron chi connectivity index (χ4n) is 3.36. The van der Waals surface area contributed by atoms with Crippen LogP contribution in [0.3, 0.4) is 0 Å². The lowest BCUT2D eigenvalue weighted by Gasteiger charge is -2.31. The summed E-state index contributed by atoms with van der Waals surface area (Å²) in [4.78, 5) is 29.1. The van der Waals surface area contributed by atoms with E-state index in [1.807, 2.05) is 6.07 Å². The molecule has 166 valence electrons. The van der Waals surface area contributed by atoms with Crippen LogP contribution in [0.1, 0.15) is 25.5 Å². The molecular weight excluding hydrogens is 423 g/mol. The Morgan fingerprint density at radius 1 is 1.23 bits per heavy atom. The number of aromatic nitrogens is 1. The molecule has 2 amide bonds. The molecule has 31 heavy (non-hydrogen) atoms. The highest BCUT2D eigenvalue weighted by molar-refractivity contribution is 7.89. The van der Waals surface area contributed by atoms with Crippen molar-refractivity contribution in [2.75, 3.05) is 13.1 Å². The van der Waals surface area contributed by atoms with E-state index in [2.05, 4.69) is 15.6 Å². The molecule has 0 aliphatic carbocycles. The van der Waals surface area contributed by atoms with Crippen LogP contribution < -0.4 is 10.6 Å². The van der Waals surface area contributed by atoms with Gasteiger partial charge in [-0.15, -0.1) is 0 Å². The third-order valence-corrected chi connectivity index (χ3v) is 7.01. The van der Waals surface area contributed by atoms with Crippen LogP contribution in [0.15, 0.2) is 53.6 Å². The van der Waals surface area contributed by atoms with Gasteiger partial charge in [0.2, 0.25) is 21.8 Å². The van der Waals surface area contributed by atoms with Gasteiger partial charge in [-0.2, -0.15) is 4.31 Å². The van der Waals surface area contributed by atoms with Gasteiger partial charge in [0.15, 0.2) is 0 Å². The molecule has 0 unspecified atom stereocenters. The molecule has 0 saturated carbocycles. The average Bonchev–Trinajstić information content (AvgIpc) is 2.78. The van der Waals surface area contributed by atoms with Crippen molar-refractivity contribution in [1.82, 2.24) is 19.9 Å². The number of carbonyl (C=O) groups is 2. The number of pyridine rings is 1. The fraction of sp³-hybridized carbons (Fsp3) is 0.381. The van der Waals surface area contributed by atoms with Crippen molar-refractivity contribution in [3.63, 3.8) is 0 Å². The normalized spacial score (nSPS) is 18.2. The molecule has 8 nitrogen and oxygen atoms in total. The second-order valence-corrected chi connectivity index (χ2v) is 9.36. The van der Waals surface area contributed by atoms with Crippen molar-refractivity contribution in [2.24, 2.45) is 5.92 Å². The smallest absolute Gasteiger partial charge is 0.243 e. The van der Waals surface area contributed by atoms with Crippen molar-refractivity contribution in [1.29, 1.82) is 0 Å². The monoisotopic (exact) mass is 448 g/mol. The van der Waals surface area contributed by atoms with Crippen LogP contribution in [0.2, 0.25) is 0 Å². The van der Waals surface area contributed by atoms with Gasteiger partial charge < -0.3 is 10.6 Å². The molecule has 2 aromatic rings. The quantitative estimate of drug-likeness (QED) is 0.666. The number of halogens is 1. The van der Waals surface area contributed by atoms with E-state index in [0.717, 1.165) is 12.1 Å². The number of benzene rings is 1. The molecule has 1 saturated heterocycles. The molecule has 10 heteroatoms. The second kappa shape index (κ2) is 9.97. The molecule has 2 N–H and O–H groups in total. The maximum Gasteiger partial charge on any atom is 0.243 e. The van der Waals surface area contributed by atoms with Crippen LogP contribution in [-0.2, 0) is 26.2 Å². The third-order valence-electron chi connectivity index (χ3n) is 5.13. The SMILES string of the molecule is C[C@H](NC(=O)[C@@H]1CCCN(S(=O)(=O)c2ccc(F)cc2)C1)C(=O)NCc1ccccn1. The van der Waals surface area contributed by atoms with Gasteiger partial charge in [0.05, 0.1) is 23.1 Å². The second-order valence-electron chi connectivity index (χ2n) is 7.43. The van der Waals surface area contributed by atoms with Crippen LogP contribution >= 0.6 is 0 Å². The van der Waals surface area contributed by atoms with E-state index < -0.39 is 27.8 Å². The molecule has 0 radical (unpaired) electrons. The predicted molar refractivity (Wildman–Crippen MR) is 112 cm³/mol.